The number of methoxy groups -OCH3 is 1. The molecule has 1 N–H and O–H groups in total. The molecule has 1 spiro atoms. The number of rotatable bonds is 3. The van der Waals surface area contributed by atoms with Gasteiger partial charge in [0.2, 0.25) is 0 Å². The summed E-state index contributed by atoms with van der Waals surface area (Å²) in [5.41, 5.74) is 1.07. The Hall–Kier alpha value is -1.75. The van der Waals surface area contributed by atoms with E-state index in [1.165, 1.54) is 5.56 Å². The van der Waals surface area contributed by atoms with Crippen molar-refractivity contribution in [3.8, 4) is 11.5 Å². The topological polar surface area (TPSA) is 59.0 Å². The predicted molar refractivity (Wildman–Crippen MR) is 82.6 cm³/mol. The SMILES string of the molecule is COc1ccc2c(c1)CCC1(CCN(C(C)C(=O)O)CC1)O2. The van der Waals surface area contributed by atoms with Crippen molar-refractivity contribution in [2.75, 3.05) is 20.2 Å². The molecule has 2 aliphatic rings. The third kappa shape index (κ3) is 2.77. The van der Waals surface area contributed by atoms with Gasteiger partial charge in [0.15, 0.2) is 0 Å². The Bertz CT molecular complexity index is 564. The maximum absolute atomic E-state index is 11.1. The Morgan fingerprint density at radius 3 is 2.73 bits per heavy atom. The first kappa shape index (κ1) is 15.2. The lowest BCUT2D eigenvalue weighted by Gasteiger charge is -2.45. The van der Waals surface area contributed by atoms with Crippen LogP contribution in [0.2, 0.25) is 0 Å². The van der Waals surface area contributed by atoms with Gasteiger partial charge in [0, 0.05) is 13.1 Å². The Balaban J connectivity index is 1.68. The second-order valence-electron chi connectivity index (χ2n) is 6.31. The van der Waals surface area contributed by atoms with Crippen LogP contribution in [-0.2, 0) is 11.2 Å². The summed E-state index contributed by atoms with van der Waals surface area (Å²) in [5, 5.41) is 9.13. The number of piperidine rings is 1. The zero-order chi connectivity index (χ0) is 15.7. The van der Waals surface area contributed by atoms with Crippen molar-refractivity contribution < 1.29 is 19.4 Å². The lowest BCUT2D eigenvalue weighted by Crippen LogP contribution is -2.53. The summed E-state index contributed by atoms with van der Waals surface area (Å²) in [6, 6.07) is 5.54. The minimum Gasteiger partial charge on any atom is -0.497 e. The van der Waals surface area contributed by atoms with Crippen molar-refractivity contribution in [1.29, 1.82) is 0 Å². The first-order valence-electron chi connectivity index (χ1n) is 7.86. The van der Waals surface area contributed by atoms with Gasteiger partial charge in [-0.05, 0) is 56.4 Å². The van der Waals surface area contributed by atoms with E-state index in [-0.39, 0.29) is 5.60 Å². The molecule has 0 saturated carbocycles. The van der Waals surface area contributed by atoms with E-state index < -0.39 is 12.0 Å². The molecule has 1 aromatic carbocycles. The molecular weight excluding hydrogens is 282 g/mol. The molecule has 5 nitrogen and oxygen atoms in total. The fraction of sp³-hybridized carbons (Fsp3) is 0.588. The third-order valence-electron chi connectivity index (χ3n) is 5.06. The summed E-state index contributed by atoms with van der Waals surface area (Å²) in [7, 11) is 1.67. The molecule has 1 aromatic rings. The van der Waals surface area contributed by atoms with Crippen LogP contribution >= 0.6 is 0 Å². The van der Waals surface area contributed by atoms with Gasteiger partial charge in [-0.2, -0.15) is 0 Å². The van der Waals surface area contributed by atoms with Gasteiger partial charge >= 0.3 is 5.97 Å². The molecule has 3 rings (SSSR count). The van der Waals surface area contributed by atoms with E-state index in [0.717, 1.165) is 50.3 Å². The predicted octanol–water partition coefficient (Wildman–Crippen LogP) is 2.33. The molecule has 0 aliphatic carbocycles. The average molecular weight is 305 g/mol. The van der Waals surface area contributed by atoms with Crippen molar-refractivity contribution in [1.82, 2.24) is 4.90 Å². The lowest BCUT2D eigenvalue weighted by atomic mass is 9.82. The number of aliphatic carboxylic acids is 1. The Labute approximate surface area is 130 Å². The number of benzene rings is 1. The highest BCUT2D eigenvalue weighted by Gasteiger charge is 2.41. The molecule has 5 heteroatoms. The van der Waals surface area contributed by atoms with Gasteiger partial charge in [0.05, 0.1) is 7.11 Å². The molecule has 1 unspecified atom stereocenters. The number of nitrogens with zero attached hydrogens (tertiary/aromatic N) is 1. The second kappa shape index (κ2) is 5.80. The van der Waals surface area contributed by atoms with Crippen LogP contribution in [0.4, 0.5) is 0 Å². The number of likely N-dealkylation sites (tertiary alicyclic amines) is 1. The molecular formula is C17H23NO4. The van der Waals surface area contributed by atoms with Crippen LogP contribution in [0.5, 0.6) is 11.5 Å². The van der Waals surface area contributed by atoms with Gasteiger partial charge in [-0.25, -0.2) is 0 Å². The number of carboxylic acids is 1. The average Bonchev–Trinajstić information content (AvgIpc) is 2.54. The van der Waals surface area contributed by atoms with Crippen molar-refractivity contribution in [3.05, 3.63) is 23.8 Å². The summed E-state index contributed by atoms with van der Waals surface area (Å²) in [6.45, 7) is 3.31. The van der Waals surface area contributed by atoms with Crippen LogP contribution in [0.15, 0.2) is 18.2 Å². The first-order valence-corrected chi connectivity index (χ1v) is 7.86. The monoisotopic (exact) mass is 305 g/mol. The van der Waals surface area contributed by atoms with E-state index in [1.54, 1.807) is 14.0 Å². The number of ether oxygens (including phenoxy) is 2. The second-order valence-corrected chi connectivity index (χ2v) is 6.31. The van der Waals surface area contributed by atoms with E-state index in [1.807, 2.05) is 23.1 Å². The highest BCUT2D eigenvalue weighted by molar-refractivity contribution is 5.72. The Morgan fingerprint density at radius 1 is 1.36 bits per heavy atom. The highest BCUT2D eigenvalue weighted by atomic mass is 16.5. The van der Waals surface area contributed by atoms with Gasteiger partial charge in [-0.15, -0.1) is 0 Å². The van der Waals surface area contributed by atoms with E-state index in [9.17, 15) is 4.79 Å². The largest absolute Gasteiger partial charge is 0.497 e. The van der Waals surface area contributed by atoms with Gasteiger partial charge in [0.25, 0.3) is 0 Å². The maximum Gasteiger partial charge on any atom is 0.320 e. The standard InChI is InChI=1S/C17H23NO4/c1-12(16(19)20)18-9-7-17(8-10-18)6-5-13-11-14(21-2)3-4-15(13)22-17/h3-4,11-12H,5-10H2,1-2H3,(H,19,20). The maximum atomic E-state index is 11.1. The number of carbonyl (C=O) groups is 1. The van der Waals surface area contributed by atoms with Gasteiger partial charge in [-0.3, -0.25) is 9.69 Å². The van der Waals surface area contributed by atoms with E-state index in [0.29, 0.717) is 0 Å². The molecule has 0 amide bonds. The molecule has 1 saturated heterocycles. The Kier molecular flexibility index (Phi) is 4.00. The molecule has 1 fully saturated rings. The zero-order valence-corrected chi connectivity index (χ0v) is 13.2. The fourth-order valence-corrected chi connectivity index (χ4v) is 3.45. The minimum atomic E-state index is -0.752. The molecule has 120 valence electrons. The number of carboxylic acid groups (broad SMARTS) is 1. The summed E-state index contributed by atoms with van der Waals surface area (Å²) >= 11 is 0. The molecule has 22 heavy (non-hydrogen) atoms. The smallest absolute Gasteiger partial charge is 0.320 e. The summed E-state index contributed by atoms with van der Waals surface area (Å²) in [6.07, 6.45) is 3.75. The Morgan fingerprint density at radius 2 is 2.09 bits per heavy atom. The normalized spacial score (nSPS) is 21.7. The van der Waals surface area contributed by atoms with Crippen molar-refractivity contribution >= 4 is 5.97 Å². The molecule has 2 heterocycles. The summed E-state index contributed by atoms with van der Waals surface area (Å²) in [4.78, 5) is 13.1. The van der Waals surface area contributed by atoms with Gasteiger partial charge in [-0.1, -0.05) is 0 Å². The van der Waals surface area contributed by atoms with E-state index >= 15 is 0 Å². The van der Waals surface area contributed by atoms with Crippen LogP contribution in [0, 0.1) is 0 Å². The van der Waals surface area contributed by atoms with Crippen LogP contribution in [0.25, 0.3) is 0 Å². The number of fused-ring (bicyclic) bond motifs is 1. The number of aryl methyl sites for hydroxylation is 1. The molecule has 2 aliphatic heterocycles. The third-order valence-corrected chi connectivity index (χ3v) is 5.06. The number of hydrogen-bond acceptors (Lipinski definition) is 4. The highest BCUT2D eigenvalue weighted by Crippen LogP contribution is 2.40. The van der Waals surface area contributed by atoms with Gasteiger partial charge < -0.3 is 14.6 Å². The molecule has 0 bridgehead atoms. The van der Waals surface area contributed by atoms with E-state index in [4.69, 9.17) is 14.6 Å². The van der Waals surface area contributed by atoms with Crippen LogP contribution in [0.3, 0.4) is 0 Å². The first-order chi connectivity index (χ1) is 10.5. The lowest BCUT2D eigenvalue weighted by molar-refractivity contribution is -0.144. The van der Waals surface area contributed by atoms with Crippen molar-refractivity contribution in [2.45, 2.75) is 44.2 Å². The summed E-state index contributed by atoms with van der Waals surface area (Å²) < 4.78 is 11.6. The van der Waals surface area contributed by atoms with Crippen molar-refractivity contribution in [3.63, 3.8) is 0 Å². The fourth-order valence-electron chi connectivity index (χ4n) is 3.45. The quantitative estimate of drug-likeness (QED) is 0.929. The molecule has 0 radical (unpaired) electrons. The van der Waals surface area contributed by atoms with Crippen LogP contribution in [0.1, 0.15) is 31.7 Å². The van der Waals surface area contributed by atoms with E-state index in [2.05, 4.69) is 0 Å². The van der Waals surface area contributed by atoms with Crippen molar-refractivity contribution in [2.24, 2.45) is 0 Å². The van der Waals surface area contributed by atoms with Crippen LogP contribution < -0.4 is 9.47 Å². The van der Waals surface area contributed by atoms with Crippen LogP contribution in [-0.4, -0.2) is 47.8 Å². The zero-order valence-electron chi connectivity index (χ0n) is 13.2. The molecule has 0 aromatic heterocycles. The number of hydrogen-bond donors (Lipinski definition) is 1. The summed E-state index contributed by atoms with van der Waals surface area (Å²) in [5.74, 6) is 1.06. The van der Waals surface area contributed by atoms with Gasteiger partial charge in [0.1, 0.15) is 23.1 Å². The minimum absolute atomic E-state index is 0.129. The molecule has 1 atom stereocenters.